The van der Waals surface area contributed by atoms with E-state index in [1.165, 1.54) is 0 Å². The van der Waals surface area contributed by atoms with Crippen LogP contribution in [0.1, 0.15) is 12.8 Å². The van der Waals surface area contributed by atoms with Crippen LogP contribution in [0.5, 0.6) is 23.0 Å². The fourth-order valence-corrected chi connectivity index (χ4v) is 2.12. The molecule has 1 aliphatic rings. The highest BCUT2D eigenvalue weighted by Gasteiger charge is 2.16. The number of hydrogen-bond acceptors (Lipinski definition) is 6. The van der Waals surface area contributed by atoms with Gasteiger partial charge in [0.2, 0.25) is 5.75 Å². The van der Waals surface area contributed by atoms with E-state index < -0.39 is 0 Å². The second-order valence-corrected chi connectivity index (χ2v) is 4.52. The average molecular weight is 298 g/mol. The molecule has 6 heteroatoms. The highest BCUT2D eigenvalue weighted by Crippen LogP contribution is 2.40. The van der Waals surface area contributed by atoms with Crippen LogP contribution in [-0.2, 0) is 9.47 Å². The first-order chi connectivity index (χ1) is 10.3. The number of rotatable bonds is 7. The lowest BCUT2D eigenvalue weighted by atomic mass is 10.2. The van der Waals surface area contributed by atoms with Crippen molar-refractivity contribution >= 4 is 0 Å². The van der Waals surface area contributed by atoms with Crippen molar-refractivity contribution in [2.45, 2.75) is 19.1 Å². The van der Waals surface area contributed by atoms with Gasteiger partial charge in [-0.3, -0.25) is 0 Å². The summed E-state index contributed by atoms with van der Waals surface area (Å²) in [5, 5.41) is 0. The van der Waals surface area contributed by atoms with Gasteiger partial charge >= 0.3 is 0 Å². The van der Waals surface area contributed by atoms with E-state index in [0.717, 1.165) is 19.6 Å². The highest BCUT2D eigenvalue weighted by atomic mass is 16.7. The first kappa shape index (κ1) is 15.7. The van der Waals surface area contributed by atoms with Crippen molar-refractivity contribution in [3.8, 4) is 23.0 Å². The Bertz CT molecular complexity index is 417. The molecule has 0 N–H and O–H groups in total. The van der Waals surface area contributed by atoms with Gasteiger partial charge in [-0.05, 0) is 6.42 Å². The predicted octanol–water partition coefficient (Wildman–Crippen LogP) is 2.24. The van der Waals surface area contributed by atoms with Gasteiger partial charge in [-0.25, -0.2) is 0 Å². The number of methoxy groups -OCH3 is 3. The van der Waals surface area contributed by atoms with Gasteiger partial charge in [0.25, 0.3) is 0 Å². The summed E-state index contributed by atoms with van der Waals surface area (Å²) in [5.74, 6) is 2.33. The van der Waals surface area contributed by atoms with Gasteiger partial charge in [0, 0.05) is 18.6 Å². The fraction of sp³-hybridized carbons (Fsp3) is 0.600. The molecule has 21 heavy (non-hydrogen) atoms. The lowest BCUT2D eigenvalue weighted by molar-refractivity contribution is -0.183. The molecule has 0 aromatic heterocycles. The van der Waals surface area contributed by atoms with Crippen LogP contribution in [0.4, 0.5) is 0 Å². The van der Waals surface area contributed by atoms with Crippen LogP contribution < -0.4 is 18.9 Å². The molecular formula is C15H22O6. The van der Waals surface area contributed by atoms with E-state index in [9.17, 15) is 0 Å². The van der Waals surface area contributed by atoms with Crippen molar-refractivity contribution in [1.29, 1.82) is 0 Å². The molecule has 0 amide bonds. The van der Waals surface area contributed by atoms with Crippen molar-refractivity contribution in [2.24, 2.45) is 0 Å². The Hall–Kier alpha value is -1.66. The summed E-state index contributed by atoms with van der Waals surface area (Å²) in [6.07, 6.45) is 1.45. The minimum absolute atomic E-state index is 0.180. The second-order valence-electron chi connectivity index (χ2n) is 4.52. The van der Waals surface area contributed by atoms with E-state index in [2.05, 4.69) is 0 Å². The molecule has 0 saturated carbocycles. The van der Waals surface area contributed by atoms with E-state index in [1.807, 2.05) is 0 Å². The lowest BCUT2D eigenvalue weighted by Gasteiger charge is -2.23. The van der Waals surface area contributed by atoms with Crippen molar-refractivity contribution in [1.82, 2.24) is 0 Å². The molecule has 0 bridgehead atoms. The molecule has 1 fully saturated rings. The summed E-state index contributed by atoms with van der Waals surface area (Å²) >= 11 is 0. The maximum atomic E-state index is 5.72. The molecule has 2 rings (SSSR count). The van der Waals surface area contributed by atoms with E-state index in [0.29, 0.717) is 36.0 Å². The Morgan fingerprint density at radius 1 is 1.00 bits per heavy atom. The lowest BCUT2D eigenvalue weighted by Crippen LogP contribution is -2.26. The minimum Gasteiger partial charge on any atom is -0.493 e. The van der Waals surface area contributed by atoms with E-state index in [-0.39, 0.29) is 6.29 Å². The van der Waals surface area contributed by atoms with Gasteiger partial charge in [0.05, 0.1) is 41.2 Å². The number of ether oxygens (including phenoxy) is 6. The fourth-order valence-electron chi connectivity index (χ4n) is 2.12. The highest BCUT2D eigenvalue weighted by molar-refractivity contribution is 5.55. The topological polar surface area (TPSA) is 55.4 Å². The first-order valence-corrected chi connectivity index (χ1v) is 6.94. The third-order valence-corrected chi connectivity index (χ3v) is 3.16. The van der Waals surface area contributed by atoms with Crippen molar-refractivity contribution in [2.75, 3.05) is 41.2 Å². The third kappa shape index (κ3) is 4.15. The molecular weight excluding hydrogens is 276 g/mol. The zero-order valence-corrected chi connectivity index (χ0v) is 12.7. The molecule has 0 aliphatic carbocycles. The minimum atomic E-state index is -0.180. The summed E-state index contributed by atoms with van der Waals surface area (Å²) in [6.45, 7) is 1.98. The molecule has 1 heterocycles. The predicted molar refractivity (Wildman–Crippen MR) is 76.5 cm³/mol. The molecule has 1 aromatic rings. The molecule has 0 atom stereocenters. The monoisotopic (exact) mass is 298 g/mol. The molecule has 6 nitrogen and oxygen atoms in total. The Balaban J connectivity index is 1.95. The molecule has 118 valence electrons. The van der Waals surface area contributed by atoms with Gasteiger partial charge in [-0.1, -0.05) is 0 Å². The van der Waals surface area contributed by atoms with Crippen LogP contribution in [0.2, 0.25) is 0 Å². The summed E-state index contributed by atoms with van der Waals surface area (Å²) < 4.78 is 32.5. The van der Waals surface area contributed by atoms with Crippen LogP contribution in [-0.4, -0.2) is 47.4 Å². The third-order valence-electron chi connectivity index (χ3n) is 3.16. The smallest absolute Gasteiger partial charge is 0.203 e. The van der Waals surface area contributed by atoms with E-state index in [1.54, 1.807) is 33.5 Å². The van der Waals surface area contributed by atoms with Gasteiger partial charge in [0.15, 0.2) is 17.8 Å². The standard InChI is InChI=1S/C15H22O6/c1-16-12-9-11(10-13(17-2)15(12)18-3)19-8-5-14-20-6-4-7-21-14/h9-10,14H,4-8H2,1-3H3. The molecule has 0 radical (unpaired) electrons. The van der Waals surface area contributed by atoms with Crippen LogP contribution in [0.15, 0.2) is 12.1 Å². The molecule has 0 unspecified atom stereocenters. The largest absolute Gasteiger partial charge is 0.493 e. The van der Waals surface area contributed by atoms with Crippen LogP contribution >= 0.6 is 0 Å². The summed E-state index contributed by atoms with van der Waals surface area (Å²) in [6, 6.07) is 3.54. The maximum absolute atomic E-state index is 5.72. The Morgan fingerprint density at radius 3 is 2.14 bits per heavy atom. The molecule has 1 aromatic carbocycles. The normalized spacial score (nSPS) is 15.6. The maximum Gasteiger partial charge on any atom is 0.203 e. The number of hydrogen-bond donors (Lipinski definition) is 0. The van der Waals surface area contributed by atoms with E-state index >= 15 is 0 Å². The quantitative estimate of drug-likeness (QED) is 0.769. The Kier molecular flexibility index (Phi) is 5.95. The molecule has 1 saturated heterocycles. The van der Waals surface area contributed by atoms with Gasteiger partial charge in [0.1, 0.15) is 5.75 Å². The summed E-state index contributed by atoms with van der Waals surface area (Å²) in [7, 11) is 4.72. The van der Waals surface area contributed by atoms with Crippen LogP contribution in [0, 0.1) is 0 Å². The second kappa shape index (κ2) is 7.95. The SMILES string of the molecule is COc1cc(OCCC2OCCCO2)cc(OC)c1OC. The summed E-state index contributed by atoms with van der Waals surface area (Å²) in [5.41, 5.74) is 0. The number of benzene rings is 1. The average Bonchev–Trinajstić information content (AvgIpc) is 2.54. The zero-order chi connectivity index (χ0) is 15.1. The van der Waals surface area contributed by atoms with E-state index in [4.69, 9.17) is 28.4 Å². The first-order valence-electron chi connectivity index (χ1n) is 6.94. The van der Waals surface area contributed by atoms with Crippen molar-refractivity contribution in [3.63, 3.8) is 0 Å². The van der Waals surface area contributed by atoms with Crippen LogP contribution in [0.3, 0.4) is 0 Å². The van der Waals surface area contributed by atoms with Crippen molar-refractivity contribution < 1.29 is 28.4 Å². The summed E-state index contributed by atoms with van der Waals surface area (Å²) in [4.78, 5) is 0. The van der Waals surface area contributed by atoms with Crippen LogP contribution in [0.25, 0.3) is 0 Å². The zero-order valence-electron chi connectivity index (χ0n) is 12.7. The Morgan fingerprint density at radius 2 is 1.62 bits per heavy atom. The van der Waals surface area contributed by atoms with Crippen molar-refractivity contribution in [3.05, 3.63) is 12.1 Å². The van der Waals surface area contributed by atoms with Gasteiger partial charge in [-0.2, -0.15) is 0 Å². The Labute approximate surface area is 124 Å². The molecule has 1 aliphatic heterocycles. The van der Waals surface area contributed by atoms with Gasteiger partial charge in [-0.15, -0.1) is 0 Å². The molecule has 0 spiro atoms. The van der Waals surface area contributed by atoms with Gasteiger partial charge < -0.3 is 28.4 Å².